The normalized spacial score (nSPS) is 16.4. The molecule has 26 heavy (non-hydrogen) atoms. The number of rotatable bonds is 5. The number of halogens is 3. The number of nitrogens with one attached hydrogen (secondary N) is 1. The predicted octanol–water partition coefficient (Wildman–Crippen LogP) is 3.62. The van der Waals surface area contributed by atoms with E-state index >= 15 is 0 Å². The molecule has 0 atom stereocenters. The lowest BCUT2D eigenvalue weighted by Gasteiger charge is -2.31. The first kappa shape index (κ1) is 18.3. The lowest BCUT2D eigenvalue weighted by Crippen LogP contribution is -2.39. The lowest BCUT2D eigenvalue weighted by atomic mass is 10.1. The van der Waals surface area contributed by atoms with Gasteiger partial charge in [0, 0.05) is 49.7 Å². The minimum absolute atomic E-state index is 0.0359. The summed E-state index contributed by atoms with van der Waals surface area (Å²) in [5.74, 6) is 0.232. The van der Waals surface area contributed by atoms with E-state index in [1.165, 1.54) is 12.4 Å². The molecule has 3 heterocycles. The fourth-order valence-corrected chi connectivity index (χ4v) is 2.95. The van der Waals surface area contributed by atoms with Crippen LogP contribution in [-0.4, -0.2) is 45.5 Å². The van der Waals surface area contributed by atoms with Crippen molar-refractivity contribution in [3.05, 3.63) is 48.9 Å². The Balaban J connectivity index is 1.81. The molecule has 1 aliphatic heterocycles. The van der Waals surface area contributed by atoms with E-state index in [0.29, 0.717) is 5.56 Å². The van der Waals surface area contributed by atoms with Crippen LogP contribution >= 0.6 is 0 Å². The molecule has 0 radical (unpaired) electrons. The molecule has 8 heteroatoms. The van der Waals surface area contributed by atoms with Crippen LogP contribution in [0.25, 0.3) is 11.4 Å². The van der Waals surface area contributed by atoms with Crippen molar-refractivity contribution in [2.24, 2.45) is 0 Å². The molecule has 1 N–H and O–H groups in total. The summed E-state index contributed by atoms with van der Waals surface area (Å²) in [5, 5.41) is 3.15. The summed E-state index contributed by atoms with van der Waals surface area (Å²) in [6, 6.07) is 4.23. The molecule has 0 bridgehead atoms. The Hall–Kier alpha value is -2.48. The van der Waals surface area contributed by atoms with Crippen molar-refractivity contribution >= 4 is 5.82 Å². The van der Waals surface area contributed by atoms with Gasteiger partial charge in [-0.3, -0.25) is 9.88 Å². The SMILES string of the molecule is C=CCN1CCC(Nc2cc(C(F)(F)F)nc(-c3ccncc3)n2)CC1. The molecule has 138 valence electrons. The maximum Gasteiger partial charge on any atom is 0.433 e. The average molecular weight is 363 g/mol. The monoisotopic (exact) mass is 363 g/mol. The zero-order valence-corrected chi connectivity index (χ0v) is 14.2. The van der Waals surface area contributed by atoms with Crippen LogP contribution in [0, 0.1) is 0 Å². The summed E-state index contributed by atoms with van der Waals surface area (Å²) in [5.41, 5.74) is -0.458. The van der Waals surface area contributed by atoms with E-state index in [9.17, 15) is 13.2 Å². The Morgan fingerprint density at radius 2 is 1.88 bits per heavy atom. The Morgan fingerprint density at radius 1 is 1.19 bits per heavy atom. The third-order valence-corrected chi connectivity index (χ3v) is 4.28. The van der Waals surface area contributed by atoms with Crippen LogP contribution in [0.3, 0.4) is 0 Å². The molecule has 1 saturated heterocycles. The van der Waals surface area contributed by atoms with E-state index in [1.54, 1.807) is 12.1 Å². The number of nitrogens with zero attached hydrogens (tertiary/aromatic N) is 4. The van der Waals surface area contributed by atoms with Gasteiger partial charge in [0.1, 0.15) is 5.82 Å². The highest BCUT2D eigenvalue weighted by Gasteiger charge is 2.34. The molecule has 0 aromatic carbocycles. The van der Waals surface area contributed by atoms with E-state index in [2.05, 4.69) is 31.7 Å². The first-order valence-electron chi connectivity index (χ1n) is 8.42. The summed E-state index contributed by atoms with van der Waals surface area (Å²) in [7, 11) is 0. The van der Waals surface area contributed by atoms with Crippen molar-refractivity contribution in [1.29, 1.82) is 0 Å². The summed E-state index contributed by atoms with van der Waals surface area (Å²) < 4.78 is 39.7. The third-order valence-electron chi connectivity index (χ3n) is 4.28. The van der Waals surface area contributed by atoms with Crippen molar-refractivity contribution < 1.29 is 13.2 Å². The van der Waals surface area contributed by atoms with E-state index in [1.807, 2.05) is 6.08 Å². The second-order valence-corrected chi connectivity index (χ2v) is 6.20. The highest BCUT2D eigenvalue weighted by Crippen LogP contribution is 2.31. The molecule has 0 amide bonds. The van der Waals surface area contributed by atoms with E-state index < -0.39 is 11.9 Å². The van der Waals surface area contributed by atoms with Crippen LogP contribution < -0.4 is 5.32 Å². The van der Waals surface area contributed by atoms with Gasteiger partial charge in [0.05, 0.1) is 0 Å². The van der Waals surface area contributed by atoms with Crippen LogP contribution in [0.2, 0.25) is 0 Å². The fourth-order valence-electron chi connectivity index (χ4n) is 2.95. The first-order chi connectivity index (χ1) is 12.5. The molecular formula is C18H20F3N5. The van der Waals surface area contributed by atoms with Gasteiger partial charge < -0.3 is 5.32 Å². The third kappa shape index (κ3) is 4.57. The van der Waals surface area contributed by atoms with E-state index in [-0.39, 0.29) is 17.7 Å². The molecule has 0 unspecified atom stereocenters. The molecule has 2 aromatic heterocycles. The summed E-state index contributed by atoms with van der Waals surface area (Å²) >= 11 is 0. The number of hydrogen-bond acceptors (Lipinski definition) is 5. The highest BCUT2D eigenvalue weighted by atomic mass is 19.4. The zero-order chi connectivity index (χ0) is 18.6. The van der Waals surface area contributed by atoms with Gasteiger partial charge in [-0.2, -0.15) is 13.2 Å². The number of piperidine rings is 1. The molecule has 5 nitrogen and oxygen atoms in total. The first-order valence-corrected chi connectivity index (χ1v) is 8.42. The van der Waals surface area contributed by atoms with Gasteiger partial charge in [0.2, 0.25) is 0 Å². The molecule has 0 saturated carbocycles. The maximum absolute atomic E-state index is 13.2. The van der Waals surface area contributed by atoms with Crippen LogP contribution in [0.5, 0.6) is 0 Å². The second kappa shape index (κ2) is 7.82. The van der Waals surface area contributed by atoms with Gasteiger partial charge in [-0.1, -0.05) is 6.08 Å². The topological polar surface area (TPSA) is 53.9 Å². The van der Waals surface area contributed by atoms with Crippen LogP contribution in [0.1, 0.15) is 18.5 Å². The Kier molecular flexibility index (Phi) is 5.51. The Labute approximate surface area is 150 Å². The van der Waals surface area contributed by atoms with Crippen molar-refractivity contribution in [3.63, 3.8) is 0 Å². The predicted molar refractivity (Wildman–Crippen MR) is 93.5 cm³/mol. The molecule has 0 aliphatic carbocycles. The molecule has 0 spiro atoms. The minimum atomic E-state index is -4.53. The number of pyridine rings is 1. The van der Waals surface area contributed by atoms with Crippen molar-refractivity contribution in [2.75, 3.05) is 25.0 Å². The van der Waals surface area contributed by atoms with Gasteiger partial charge in [-0.05, 0) is 25.0 Å². The molecule has 2 aromatic rings. The van der Waals surface area contributed by atoms with Crippen LogP contribution in [0.15, 0.2) is 43.2 Å². The van der Waals surface area contributed by atoms with Crippen molar-refractivity contribution in [2.45, 2.75) is 25.1 Å². The van der Waals surface area contributed by atoms with Crippen molar-refractivity contribution in [3.8, 4) is 11.4 Å². The number of likely N-dealkylation sites (tertiary alicyclic amines) is 1. The summed E-state index contributed by atoms with van der Waals surface area (Å²) in [4.78, 5) is 14.1. The van der Waals surface area contributed by atoms with Gasteiger partial charge >= 0.3 is 6.18 Å². The molecule has 3 rings (SSSR count). The van der Waals surface area contributed by atoms with Gasteiger partial charge in [-0.15, -0.1) is 6.58 Å². The van der Waals surface area contributed by atoms with E-state index in [4.69, 9.17) is 0 Å². The number of anilines is 1. The quantitative estimate of drug-likeness (QED) is 0.823. The smallest absolute Gasteiger partial charge is 0.367 e. The van der Waals surface area contributed by atoms with Gasteiger partial charge in [0.25, 0.3) is 0 Å². The van der Waals surface area contributed by atoms with Crippen LogP contribution in [-0.2, 0) is 6.18 Å². The Morgan fingerprint density at radius 3 is 2.50 bits per heavy atom. The standard InChI is InChI=1S/C18H20F3N5/c1-2-9-26-10-5-14(6-11-26)23-16-12-15(18(19,20)21)24-17(25-16)13-3-7-22-8-4-13/h2-4,7-8,12,14H,1,5-6,9-11H2,(H,23,24,25). The molecule has 1 aliphatic rings. The number of aromatic nitrogens is 3. The van der Waals surface area contributed by atoms with E-state index in [0.717, 1.165) is 38.5 Å². The summed E-state index contributed by atoms with van der Waals surface area (Å²) in [6.45, 7) is 6.30. The number of hydrogen-bond donors (Lipinski definition) is 1. The Bertz CT molecular complexity index is 740. The van der Waals surface area contributed by atoms with Crippen molar-refractivity contribution in [1.82, 2.24) is 19.9 Å². The molecule has 1 fully saturated rings. The van der Waals surface area contributed by atoms with Gasteiger partial charge in [-0.25, -0.2) is 9.97 Å². The fraction of sp³-hybridized carbons (Fsp3) is 0.389. The average Bonchev–Trinajstić information content (AvgIpc) is 2.63. The zero-order valence-electron chi connectivity index (χ0n) is 14.2. The minimum Gasteiger partial charge on any atom is -0.367 e. The molecular weight excluding hydrogens is 343 g/mol. The van der Waals surface area contributed by atoms with Crippen LogP contribution in [0.4, 0.5) is 19.0 Å². The summed E-state index contributed by atoms with van der Waals surface area (Å²) in [6.07, 6.45) is 2.00. The van der Waals surface area contributed by atoms with Gasteiger partial charge in [0.15, 0.2) is 11.5 Å². The second-order valence-electron chi connectivity index (χ2n) is 6.20. The maximum atomic E-state index is 13.2. The largest absolute Gasteiger partial charge is 0.433 e. The lowest BCUT2D eigenvalue weighted by molar-refractivity contribution is -0.141. The highest BCUT2D eigenvalue weighted by molar-refractivity contribution is 5.57. The number of alkyl halides is 3.